The monoisotopic (exact) mass is 486 g/mol. The highest BCUT2D eigenvalue weighted by Crippen LogP contribution is 2.34. The highest BCUT2D eigenvalue weighted by atomic mass is 32.2. The van der Waals surface area contributed by atoms with E-state index < -0.39 is 36.1 Å². The molecular formula is C18H22N4O8S2. The maximum atomic E-state index is 12.8. The van der Waals surface area contributed by atoms with Gasteiger partial charge in [0.15, 0.2) is 11.3 Å². The van der Waals surface area contributed by atoms with Crippen molar-refractivity contribution in [1.82, 2.24) is 14.4 Å². The van der Waals surface area contributed by atoms with Crippen LogP contribution in [-0.2, 0) is 20.0 Å². The third kappa shape index (κ3) is 4.74. The normalized spacial score (nSPS) is 12.6. The second-order valence-electron chi connectivity index (χ2n) is 6.73. The van der Waals surface area contributed by atoms with Crippen LogP contribution in [0.25, 0.3) is 22.6 Å². The van der Waals surface area contributed by atoms with Gasteiger partial charge in [0.1, 0.15) is 26.7 Å². The van der Waals surface area contributed by atoms with E-state index in [0.717, 1.165) is 6.07 Å². The average molecular weight is 487 g/mol. The Kier molecular flexibility index (Phi) is 7.12. The van der Waals surface area contributed by atoms with Crippen LogP contribution in [0.4, 0.5) is 5.69 Å². The Hall–Kier alpha value is -2.62. The van der Waals surface area contributed by atoms with Gasteiger partial charge < -0.3 is 20.4 Å². The van der Waals surface area contributed by atoms with Crippen molar-refractivity contribution in [3.05, 3.63) is 34.5 Å². The summed E-state index contributed by atoms with van der Waals surface area (Å²) in [5, 5.41) is 17.8. The van der Waals surface area contributed by atoms with Crippen molar-refractivity contribution in [3.8, 4) is 11.5 Å². The zero-order valence-corrected chi connectivity index (χ0v) is 18.4. The average Bonchev–Trinajstić information content (AvgIpc) is 2.73. The molecule has 174 valence electrons. The maximum absolute atomic E-state index is 12.8. The number of anilines is 1. The Bertz CT molecular complexity index is 1370. The van der Waals surface area contributed by atoms with E-state index in [1.807, 2.05) is 0 Å². The summed E-state index contributed by atoms with van der Waals surface area (Å²) in [4.78, 5) is 15.6. The van der Waals surface area contributed by atoms with Gasteiger partial charge in [0.05, 0.1) is 0 Å². The first-order valence-electron chi connectivity index (χ1n) is 9.49. The molecule has 6 N–H and O–H groups in total. The minimum Gasteiger partial charge on any atom is -0.453 e. The van der Waals surface area contributed by atoms with Crippen molar-refractivity contribution in [2.45, 2.75) is 22.6 Å². The van der Waals surface area contributed by atoms with Crippen LogP contribution < -0.4 is 20.6 Å². The van der Waals surface area contributed by atoms with Crippen molar-refractivity contribution in [1.29, 1.82) is 0 Å². The lowest BCUT2D eigenvalue weighted by Crippen LogP contribution is -2.29. The zero-order chi connectivity index (χ0) is 23.5. The summed E-state index contributed by atoms with van der Waals surface area (Å²) in [5.74, 6) is -0.193. The molecule has 0 unspecified atom stereocenters. The highest BCUT2D eigenvalue weighted by molar-refractivity contribution is 7.90. The van der Waals surface area contributed by atoms with Crippen LogP contribution in [0.2, 0.25) is 0 Å². The van der Waals surface area contributed by atoms with E-state index in [1.54, 1.807) is 0 Å². The topological polar surface area (TPSA) is 202 Å². The molecule has 1 aromatic carbocycles. The molecule has 12 nitrogen and oxygen atoms in total. The SMILES string of the molecule is Nc1c(S(=O)(=O)NCCCO)c2nc3c(S(=O)(=O)NCCCO)cccc3oc-2cc1=O. The molecule has 1 aromatic rings. The van der Waals surface area contributed by atoms with Crippen LogP contribution in [0.5, 0.6) is 0 Å². The summed E-state index contributed by atoms with van der Waals surface area (Å²) in [6.07, 6.45) is 0.312. The van der Waals surface area contributed by atoms with Crippen LogP contribution in [-0.4, -0.2) is 58.3 Å². The number of sulfonamides is 2. The number of nitrogen functional groups attached to an aromatic ring is 1. The summed E-state index contributed by atoms with van der Waals surface area (Å²) in [6, 6.07) is 5.06. The largest absolute Gasteiger partial charge is 0.453 e. The lowest BCUT2D eigenvalue weighted by molar-refractivity contribution is 0.289. The Labute approximate surface area is 183 Å². The van der Waals surface area contributed by atoms with Gasteiger partial charge in [0.25, 0.3) is 0 Å². The van der Waals surface area contributed by atoms with Crippen molar-refractivity contribution < 1.29 is 31.5 Å². The minimum atomic E-state index is -4.35. The van der Waals surface area contributed by atoms with Crippen molar-refractivity contribution in [2.24, 2.45) is 0 Å². The smallest absolute Gasteiger partial charge is 0.245 e. The number of rotatable bonds is 10. The van der Waals surface area contributed by atoms with Gasteiger partial charge in [-0.2, -0.15) is 0 Å². The summed E-state index contributed by atoms with van der Waals surface area (Å²) < 4.78 is 61.3. The first-order valence-corrected chi connectivity index (χ1v) is 12.5. The van der Waals surface area contributed by atoms with E-state index in [1.165, 1.54) is 18.2 Å². The molecule has 14 heteroatoms. The molecule has 3 rings (SSSR count). The zero-order valence-electron chi connectivity index (χ0n) is 16.7. The number of nitrogens with two attached hydrogens (primary N) is 1. The molecule has 0 radical (unpaired) electrons. The molecule has 0 saturated carbocycles. The number of fused-ring (bicyclic) bond motifs is 2. The predicted octanol–water partition coefficient (Wildman–Crippen LogP) is -0.804. The maximum Gasteiger partial charge on any atom is 0.245 e. The number of nitrogens with zero attached hydrogens (tertiary/aromatic N) is 1. The summed E-state index contributed by atoms with van der Waals surface area (Å²) in [7, 11) is -8.43. The van der Waals surface area contributed by atoms with Crippen LogP contribution in [0.1, 0.15) is 12.8 Å². The van der Waals surface area contributed by atoms with Gasteiger partial charge in [0, 0.05) is 32.4 Å². The molecule has 0 atom stereocenters. The van der Waals surface area contributed by atoms with Gasteiger partial charge in [-0.3, -0.25) is 4.79 Å². The Morgan fingerprint density at radius 1 is 1.00 bits per heavy atom. The number of aromatic nitrogens is 1. The lowest BCUT2D eigenvalue weighted by atomic mass is 10.2. The third-order valence-corrected chi connectivity index (χ3v) is 7.47. The lowest BCUT2D eigenvalue weighted by Gasteiger charge is -2.15. The van der Waals surface area contributed by atoms with Gasteiger partial charge in [-0.05, 0) is 25.0 Å². The first-order chi connectivity index (χ1) is 15.1. The van der Waals surface area contributed by atoms with E-state index in [-0.39, 0.29) is 66.6 Å². The molecule has 0 saturated heterocycles. The number of hydrogen-bond acceptors (Lipinski definition) is 10. The second-order valence-corrected chi connectivity index (χ2v) is 10.2. The van der Waals surface area contributed by atoms with E-state index >= 15 is 0 Å². The Morgan fingerprint density at radius 2 is 1.62 bits per heavy atom. The standard InChI is InChI=1S/C18H22N4O8S2/c19-15-11(25)10-13-17(18(15)32(28,29)21-7-3-9-24)22-16-12(30-13)4-1-5-14(16)31(26,27)20-6-2-8-23/h1,4-5,10,20-21,23-24H,2-3,6-9,19H2. The van der Waals surface area contributed by atoms with Crippen LogP contribution in [0.3, 0.4) is 0 Å². The second kappa shape index (κ2) is 9.48. The fraction of sp³-hybridized carbons (Fsp3) is 0.333. The van der Waals surface area contributed by atoms with E-state index in [0.29, 0.717) is 0 Å². The van der Waals surface area contributed by atoms with E-state index in [9.17, 15) is 21.6 Å². The number of nitrogens with one attached hydrogen (secondary N) is 2. The molecule has 0 spiro atoms. The summed E-state index contributed by atoms with van der Waals surface area (Å²) >= 11 is 0. The molecule has 32 heavy (non-hydrogen) atoms. The van der Waals surface area contributed by atoms with Gasteiger partial charge in [0.2, 0.25) is 25.5 Å². The van der Waals surface area contributed by atoms with Gasteiger partial charge in [-0.1, -0.05) is 6.07 Å². The predicted molar refractivity (Wildman–Crippen MR) is 115 cm³/mol. The number of aliphatic hydroxyl groups is 2. The Morgan fingerprint density at radius 3 is 2.25 bits per heavy atom. The fourth-order valence-corrected chi connectivity index (χ4v) is 5.51. The van der Waals surface area contributed by atoms with Crippen LogP contribution in [0.15, 0.2) is 43.3 Å². The highest BCUT2D eigenvalue weighted by Gasteiger charge is 2.30. The van der Waals surface area contributed by atoms with Gasteiger partial charge >= 0.3 is 0 Å². The third-order valence-electron chi connectivity index (χ3n) is 4.44. The van der Waals surface area contributed by atoms with Crippen LogP contribution in [0, 0.1) is 0 Å². The number of para-hydroxylation sites is 1. The minimum absolute atomic E-state index is 0.00305. The van der Waals surface area contributed by atoms with Crippen molar-refractivity contribution in [3.63, 3.8) is 0 Å². The molecule has 1 aliphatic heterocycles. The molecule has 0 bridgehead atoms. The molecule has 1 aliphatic carbocycles. The summed E-state index contributed by atoms with van der Waals surface area (Å²) in [6.45, 7) is -0.622. The van der Waals surface area contributed by atoms with Crippen LogP contribution >= 0.6 is 0 Å². The van der Waals surface area contributed by atoms with Crippen molar-refractivity contribution >= 4 is 36.8 Å². The fourth-order valence-electron chi connectivity index (χ4n) is 2.94. The molecule has 0 fully saturated rings. The van der Waals surface area contributed by atoms with Gasteiger partial charge in [-0.15, -0.1) is 0 Å². The van der Waals surface area contributed by atoms with E-state index in [4.69, 9.17) is 20.4 Å². The van der Waals surface area contributed by atoms with Crippen molar-refractivity contribution in [2.75, 3.05) is 32.0 Å². The summed E-state index contributed by atoms with van der Waals surface area (Å²) in [5.41, 5.74) is 3.89. The molecule has 0 amide bonds. The number of hydrogen-bond donors (Lipinski definition) is 5. The number of benzene rings is 2. The van der Waals surface area contributed by atoms with E-state index in [2.05, 4.69) is 14.4 Å². The Balaban J connectivity index is 2.28. The quantitative estimate of drug-likeness (QED) is 0.137. The molecule has 1 heterocycles. The molecule has 2 aliphatic rings. The molecule has 0 aromatic heterocycles. The first kappa shape index (κ1) is 24.0. The number of aliphatic hydroxyl groups excluding tert-OH is 2. The molecular weight excluding hydrogens is 464 g/mol. The van der Waals surface area contributed by atoms with Gasteiger partial charge in [-0.25, -0.2) is 31.3 Å².